The molecule has 0 saturated carbocycles. The number of carbonyl (C=O) groups is 4. The normalized spacial score (nSPS) is 13.5. The second-order valence-corrected chi connectivity index (χ2v) is 8.11. The molecule has 1 aliphatic rings. The Kier molecular flexibility index (Phi) is 6.87. The van der Waals surface area contributed by atoms with Gasteiger partial charge in [0, 0.05) is 6.04 Å². The van der Waals surface area contributed by atoms with Crippen LogP contribution in [-0.4, -0.2) is 41.2 Å². The van der Waals surface area contributed by atoms with Crippen molar-refractivity contribution < 1.29 is 28.3 Å². The zero-order valence-corrected chi connectivity index (χ0v) is 18.7. The molecule has 174 valence electrons. The second kappa shape index (κ2) is 10.2. The number of esters is 1. The molecule has 0 saturated heterocycles. The molecule has 0 fully saturated rings. The lowest BCUT2D eigenvalue weighted by molar-refractivity contribution is -0.124. The third-order valence-corrected chi connectivity index (χ3v) is 5.55. The number of hydrogen-bond donors (Lipinski definition) is 1. The summed E-state index contributed by atoms with van der Waals surface area (Å²) in [5.74, 6) is -1.67. The van der Waals surface area contributed by atoms with Crippen LogP contribution in [0.2, 0.25) is 0 Å². The fraction of sp³-hybridized carbons (Fsp3) is 0.231. The minimum atomic E-state index is -0.750. The van der Waals surface area contributed by atoms with Crippen LogP contribution in [0.25, 0.3) is 0 Å². The Morgan fingerprint density at radius 3 is 2.50 bits per heavy atom. The summed E-state index contributed by atoms with van der Waals surface area (Å²) >= 11 is 0. The van der Waals surface area contributed by atoms with Crippen molar-refractivity contribution in [1.82, 2.24) is 10.2 Å². The molecule has 8 nitrogen and oxygen atoms in total. The number of furan rings is 1. The van der Waals surface area contributed by atoms with Gasteiger partial charge in [-0.25, -0.2) is 4.79 Å². The lowest BCUT2D eigenvalue weighted by Gasteiger charge is -2.14. The van der Waals surface area contributed by atoms with Gasteiger partial charge in [0.2, 0.25) is 0 Å². The summed E-state index contributed by atoms with van der Waals surface area (Å²) in [5, 5.41) is 2.81. The predicted octanol–water partition coefficient (Wildman–Crippen LogP) is 3.37. The minimum Gasteiger partial charge on any atom is -0.467 e. The molecule has 1 atom stereocenters. The number of amides is 3. The fourth-order valence-corrected chi connectivity index (χ4v) is 3.75. The van der Waals surface area contributed by atoms with E-state index >= 15 is 0 Å². The Bertz CT molecular complexity index is 1200. The number of benzene rings is 2. The molecule has 0 bridgehead atoms. The van der Waals surface area contributed by atoms with Gasteiger partial charge in [-0.2, -0.15) is 0 Å². The molecule has 2 heterocycles. The highest BCUT2D eigenvalue weighted by Gasteiger charge is 2.36. The van der Waals surface area contributed by atoms with E-state index < -0.39 is 30.3 Å². The number of carbonyl (C=O) groups excluding carboxylic acids is 4. The van der Waals surface area contributed by atoms with Crippen molar-refractivity contribution in [3.05, 3.63) is 94.9 Å². The van der Waals surface area contributed by atoms with Gasteiger partial charge in [0.25, 0.3) is 17.7 Å². The van der Waals surface area contributed by atoms with Crippen molar-refractivity contribution in [2.24, 2.45) is 0 Å². The van der Waals surface area contributed by atoms with Gasteiger partial charge in [0.05, 0.1) is 29.5 Å². The zero-order chi connectivity index (χ0) is 24.1. The van der Waals surface area contributed by atoms with Crippen LogP contribution >= 0.6 is 0 Å². The monoisotopic (exact) mass is 460 g/mol. The zero-order valence-electron chi connectivity index (χ0n) is 18.7. The van der Waals surface area contributed by atoms with Crippen molar-refractivity contribution in [2.75, 3.05) is 6.61 Å². The highest BCUT2D eigenvalue weighted by atomic mass is 16.5. The molecule has 1 N–H and O–H groups in total. The lowest BCUT2D eigenvalue weighted by atomic mass is 10.1. The maximum absolute atomic E-state index is 12.7. The van der Waals surface area contributed by atoms with Gasteiger partial charge in [-0.05, 0) is 55.7 Å². The van der Waals surface area contributed by atoms with Crippen LogP contribution in [0.15, 0.2) is 71.3 Å². The van der Waals surface area contributed by atoms with Gasteiger partial charge in [0.1, 0.15) is 5.76 Å². The number of imide groups is 1. The summed E-state index contributed by atoms with van der Waals surface area (Å²) in [6.45, 7) is 1.45. The van der Waals surface area contributed by atoms with Gasteiger partial charge >= 0.3 is 5.97 Å². The van der Waals surface area contributed by atoms with E-state index in [1.54, 1.807) is 12.1 Å². The molecule has 4 rings (SSSR count). The molecular formula is C26H24N2O6. The summed E-state index contributed by atoms with van der Waals surface area (Å²) in [6, 6.07) is 17.3. The Labute approximate surface area is 196 Å². The SMILES string of the molecule is CC(CCc1ccccc1)NC(=O)COC(=O)c1ccc2c(c1)C(=O)N(Cc1ccco1)C2=O. The number of ether oxygens (including phenoxy) is 1. The van der Waals surface area contributed by atoms with E-state index in [-0.39, 0.29) is 29.3 Å². The molecule has 1 aliphatic heterocycles. The smallest absolute Gasteiger partial charge is 0.338 e. The molecule has 0 radical (unpaired) electrons. The van der Waals surface area contributed by atoms with Crippen molar-refractivity contribution in [1.29, 1.82) is 0 Å². The number of aryl methyl sites for hydroxylation is 1. The summed E-state index contributed by atoms with van der Waals surface area (Å²) in [4.78, 5) is 51.0. The van der Waals surface area contributed by atoms with E-state index in [0.717, 1.165) is 17.7 Å². The van der Waals surface area contributed by atoms with Crippen LogP contribution in [0.5, 0.6) is 0 Å². The van der Waals surface area contributed by atoms with Gasteiger partial charge in [-0.1, -0.05) is 30.3 Å². The molecule has 34 heavy (non-hydrogen) atoms. The largest absolute Gasteiger partial charge is 0.467 e. The first kappa shape index (κ1) is 23.0. The highest BCUT2D eigenvalue weighted by molar-refractivity contribution is 6.21. The topological polar surface area (TPSA) is 106 Å². The average molecular weight is 460 g/mol. The first-order valence-corrected chi connectivity index (χ1v) is 11.0. The summed E-state index contributed by atoms with van der Waals surface area (Å²) in [7, 11) is 0. The van der Waals surface area contributed by atoms with Crippen LogP contribution in [0.3, 0.4) is 0 Å². The van der Waals surface area contributed by atoms with E-state index in [9.17, 15) is 19.2 Å². The highest BCUT2D eigenvalue weighted by Crippen LogP contribution is 2.26. The molecule has 2 aromatic carbocycles. The molecule has 1 aromatic heterocycles. The molecular weight excluding hydrogens is 436 g/mol. The first-order chi connectivity index (χ1) is 16.4. The second-order valence-electron chi connectivity index (χ2n) is 8.11. The lowest BCUT2D eigenvalue weighted by Crippen LogP contribution is -2.36. The molecule has 0 aliphatic carbocycles. The molecule has 8 heteroatoms. The summed E-state index contributed by atoms with van der Waals surface area (Å²) in [5.41, 5.74) is 1.59. The van der Waals surface area contributed by atoms with E-state index in [1.807, 2.05) is 37.3 Å². The molecule has 0 spiro atoms. The van der Waals surface area contributed by atoms with Crippen LogP contribution in [0, 0.1) is 0 Å². The van der Waals surface area contributed by atoms with Crippen LogP contribution in [0.1, 0.15) is 55.7 Å². The van der Waals surface area contributed by atoms with Gasteiger partial charge in [-0.3, -0.25) is 19.3 Å². The summed E-state index contributed by atoms with van der Waals surface area (Å²) < 4.78 is 10.3. The molecule has 1 unspecified atom stereocenters. The van der Waals surface area contributed by atoms with Crippen LogP contribution in [0.4, 0.5) is 0 Å². The van der Waals surface area contributed by atoms with Crippen molar-refractivity contribution in [2.45, 2.75) is 32.4 Å². The Morgan fingerprint density at radius 2 is 1.76 bits per heavy atom. The van der Waals surface area contributed by atoms with E-state index in [0.29, 0.717) is 5.76 Å². The third kappa shape index (κ3) is 5.23. The Morgan fingerprint density at radius 1 is 1.00 bits per heavy atom. The van der Waals surface area contributed by atoms with E-state index in [2.05, 4.69) is 5.32 Å². The van der Waals surface area contributed by atoms with Gasteiger partial charge < -0.3 is 14.5 Å². The first-order valence-electron chi connectivity index (χ1n) is 11.0. The summed E-state index contributed by atoms with van der Waals surface area (Å²) in [6.07, 6.45) is 3.03. The Hall–Kier alpha value is -4.20. The maximum Gasteiger partial charge on any atom is 0.338 e. The average Bonchev–Trinajstić information content (AvgIpc) is 3.44. The van der Waals surface area contributed by atoms with Crippen LogP contribution in [-0.2, 0) is 22.5 Å². The van der Waals surface area contributed by atoms with E-state index in [4.69, 9.17) is 9.15 Å². The maximum atomic E-state index is 12.7. The van der Waals surface area contributed by atoms with Crippen molar-refractivity contribution in [3.8, 4) is 0 Å². The standard InChI is InChI=1S/C26H24N2O6/c1-17(9-10-18-6-3-2-4-7-18)27-23(29)16-34-26(32)19-11-12-21-22(14-19)25(31)28(24(21)30)15-20-8-5-13-33-20/h2-8,11-14,17H,9-10,15-16H2,1H3,(H,27,29). The number of nitrogens with zero attached hydrogens (tertiary/aromatic N) is 1. The van der Waals surface area contributed by atoms with Crippen molar-refractivity contribution >= 4 is 23.7 Å². The molecule has 3 amide bonds. The van der Waals surface area contributed by atoms with Crippen LogP contribution < -0.4 is 5.32 Å². The van der Waals surface area contributed by atoms with Gasteiger partial charge in [-0.15, -0.1) is 0 Å². The molecule has 3 aromatic rings. The Balaban J connectivity index is 1.29. The number of nitrogens with one attached hydrogen (secondary N) is 1. The fourth-order valence-electron chi connectivity index (χ4n) is 3.75. The van der Waals surface area contributed by atoms with Crippen molar-refractivity contribution in [3.63, 3.8) is 0 Å². The van der Waals surface area contributed by atoms with Gasteiger partial charge in [0.15, 0.2) is 6.61 Å². The number of rotatable bonds is 9. The number of hydrogen-bond acceptors (Lipinski definition) is 6. The number of fused-ring (bicyclic) bond motifs is 1. The minimum absolute atomic E-state index is 0.00174. The van der Waals surface area contributed by atoms with E-state index in [1.165, 1.54) is 30.0 Å². The third-order valence-electron chi connectivity index (χ3n) is 5.55. The predicted molar refractivity (Wildman–Crippen MR) is 122 cm³/mol. The quantitative estimate of drug-likeness (QED) is 0.388.